The van der Waals surface area contributed by atoms with Gasteiger partial charge in [-0.3, -0.25) is 4.90 Å². The number of β-amino-alcohol motifs (C(OH)–C–C–N with tert-alkyl or cyclic N) is 1. The zero-order valence-electron chi connectivity index (χ0n) is 23.8. The third-order valence-corrected chi connectivity index (χ3v) is 5.92. The number of ether oxygens (including phenoxy) is 4. The van der Waals surface area contributed by atoms with Crippen LogP contribution in [0.2, 0.25) is 0 Å². The Hall–Kier alpha value is -3.14. The molecule has 0 spiro atoms. The summed E-state index contributed by atoms with van der Waals surface area (Å²) in [7, 11) is 0. The number of hydrogen-bond donors (Lipinski definition) is 2. The smallest absolute Gasteiger partial charge is 0.410 e. The van der Waals surface area contributed by atoms with Crippen molar-refractivity contribution < 1.29 is 33.6 Å². The van der Waals surface area contributed by atoms with E-state index < -0.39 is 47.7 Å². The van der Waals surface area contributed by atoms with Gasteiger partial charge in [0.25, 0.3) is 0 Å². The second-order valence-corrected chi connectivity index (χ2v) is 11.7. The van der Waals surface area contributed by atoms with Crippen molar-refractivity contribution >= 4 is 12.2 Å². The zero-order chi connectivity index (χ0) is 28.6. The summed E-state index contributed by atoms with van der Waals surface area (Å²) in [5.41, 5.74) is 0.403. The SMILES string of the molecule is CC(C)(C)OC(=O)NC[C@@H]1[C@@H](OCc2ccccc2)[C@H](OCc2ccccc2)[C@H](O)CN1C(=O)OC(C)(C)C. The predicted octanol–water partition coefficient (Wildman–Crippen LogP) is 4.66. The van der Waals surface area contributed by atoms with Gasteiger partial charge < -0.3 is 29.4 Å². The minimum atomic E-state index is -1.06. The maximum Gasteiger partial charge on any atom is 0.410 e. The van der Waals surface area contributed by atoms with E-state index in [9.17, 15) is 14.7 Å². The van der Waals surface area contributed by atoms with Gasteiger partial charge in [0.05, 0.1) is 25.8 Å². The molecule has 0 aromatic heterocycles. The van der Waals surface area contributed by atoms with Crippen molar-refractivity contribution in [1.29, 1.82) is 0 Å². The van der Waals surface area contributed by atoms with Crippen LogP contribution in [-0.2, 0) is 32.2 Å². The van der Waals surface area contributed by atoms with E-state index in [0.29, 0.717) is 0 Å². The van der Waals surface area contributed by atoms with Crippen LogP contribution in [-0.4, -0.2) is 70.8 Å². The van der Waals surface area contributed by atoms with Crippen LogP contribution in [0.5, 0.6) is 0 Å². The van der Waals surface area contributed by atoms with Crippen LogP contribution in [0.25, 0.3) is 0 Å². The molecule has 1 aliphatic heterocycles. The van der Waals surface area contributed by atoms with E-state index in [1.54, 1.807) is 41.5 Å². The van der Waals surface area contributed by atoms with Gasteiger partial charge in [0.15, 0.2) is 0 Å². The second-order valence-electron chi connectivity index (χ2n) is 11.7. The Labute approximate surface area is 231 Å². The fourth-order valence-corrected chi connectivity index (χ4v) is 4.26. The molecule has 0 radical (unpaired) electrons. The lowest BCUT2D eigenvalue weighted by molar-refractivity contribution is -0.183. The molecule has 2 N–H and O–H groups in total. The second kappa shape index (κ2) is 13.3. The molecule has 2 aromatic rings. The highest BCUT2D eigenvalue weighted by Crippen LogP contribution is 2.28. The normalized spacial score (nSPS) is 21.8. The molecule has 9 nitrogen and oxygen atoms in total. The highest BCUT2D eigenvalue weighted by atomic mass is 16.6. The molecular weight excluding hydrogens is 500 g/mol. The van der Waals surface area contributed by atoms with E-state index >= 15 is 0 Å². The fraction of sp³-hybridized carbons (Fsp3) is 0.533. The molecule has 1 aliphatic rings. The quantitative estimate of drug-likeness (QED) is 0.500. The van der Waals surface area contributed by atoms with Gasteiger partial charge in [-0.05, 0) is 52.7 Å². The number of likely N-dealkylation sites (tertiary alicyclic amines) is 1. The summed E-state index contributed by atoms with van der Waals surface area (Å²) in [4.78, 5) is 27.3. The molecule has 1 fully saturated rings. The average molecular weight is 543 g/mol. The van der Waals surface area contributed by atoms with E-state index in [2.05, 4.69) is 5.32 Å². The van der Waals surface area contributed by atoms with Crippen molar-refractivity contribution in [3.8, 4) is 0 Å². The molecule has 1 heterocycles. The minimum Gasteiger partial charge on any atom is -0.444 e. The summed E-state index contributed by atoms with van der Waals surface area (Å²) in [6.45, 7) is 11.0. The largest absolute Gasteiger partial charge is 0.444 e. The standard InChI is InChI=1S/C30H42N2O7/c1-29(2,3)38-27(34)31-17-23-25(36-19-21-13-9-7-10-14-21)26(37-20-22-15-11-8-12-16-22)24(33)18-32(23)28(35)39-30(4,5)6/h7-16,23-26,33H,17-20H2,1-6H3,(H,31,34)/t23-,24-,25-,26-/m1/s1. The Balaban J connectivity index is 1.90. The van der Waals surface area contributed by atoms with E-state index in [1.165, 1.54) is 4.90 Å². The molecule has 0 unspecified atom stereocenters. The maximum atomic E-state index is 13.3. The Morgan fingerprint density at radius 3 is 1.79 bits per heavy atom. The number of rotatable bonds is 8. The summed E-state index contributed by atoms with van der Waals surface area (Å²) in [6, 6.07) is 18.5. The molecule has 2 aromatic carbocycles. The highest BCUT2D eigenvalue weighted by molar-refractivity contribution is 5.70. The van der Waals surface area contributed by atoms with Gasteiger partial charge in [-0.25, -0.2) is 9.59 Å². The molecular formula is C30H42N2O7. The van der Waals surface area contributed by atoms with Crippen LogP contribution >= 0.6 is 0 Å². The van der Waals surface area contributed by atoms with Crippen LogP contribution < -0.4 is 5.32 Å². The number of carbonyl (C=O) groups is 2. The third-order valence-electron chi connectivity index (χ3n) is 5.92. The molecule has 0 saturated carbocycles. The van der Waals surface area contributed by atoms with E-state index in [-0.39, 0.29) is 26.3 Å². The molecule has 39 heavy (non-hydrogen) atoms. The van der Waals surface area contributed by atoms with Gasteiger partial charge in [0.2, 0.25) is 0 Å². The lowest BCUT2D eigenvalue weighted by atomic mass is 9.93. The molecule has 214 valence electrons. The first-order valence-corrected chi connectivity index (χ1v) is 13.3. The Morgan fingerprint density at radius 1 is 0.821 bits per heavy atom. The van der Waals surface area contributed by atoms with Crippen molar-refractivity contribution in [1.82, 2.24) is 10.2 Å². The van der Waals surface area contributed by atoms with Crippen LogP contribution in [0.1, 0.15) is 52.7 Å². The average Bonchev–Trinajstić information content (AvgIpc) is 2.85. The first kappa shape index (κ1) is 30.4. The van der Waals surface area contributed by atoms with Gasteiger partial charge in [-0.2, -0.15) is 0 Å². The molecule has 0 aliphatic carbocycles. The highest BCUT2D eigenvalue weighted by Gasteiger charge is 2.47. The monoisotopic (exact) mass is 542 g/mol. The number of aliphatic hydroxyl groups is 1. The van der Waals surface area contributed by atoms with Gasteiger partial charge in [-0.15, -0.1) is 0 Å². The first-order chi connectivity index (χ1) is 18.3. The Kier molecular flexibility index (Phi) is 10.4. The lowest BCUT2D eigenvalue weighted by Gasteiger charge is -2.47. The number of nitrogens with zero attached hydrogens (tertiary/aromatic N) is 1. The van der Waals surface area contributed by atoms with Gasteiger partial charge >= 0.3 is 12.2 Å². The topological polar surface area (TPSA) is 107 Å². The van der Waals surface area contributed by atoms with E-state index in [4.69, 9.17) is 18.9 Å². The number of benzene rings is 2. The minimum absolute atomic E-state index is 0.00549. The van der Waals surface area contributed by atoms with E-state index in [0.717, 1.165) is 11.1 Å². The third kappa shape index (κ3) is 9.84. The number of aliphatic hydroxyl groups excluding tert-OH is 1. The first-order valence-electron chi connectivity index (χ1n) is 13.3. The number of alkyl carbamates (subject to hydrolysis) is 1. The molecule has 1 saturated heterocycles. The number of amides is 2. The van der Waals surface area contributed by atoms with Crippen molar-refractivity contribution in [2.24, 2.45) is 0 Å². The van der Waals surface area contributed by atoms with Gasteiger partial charge in [0.1, 0.15) is 29.5 Å². The van der Waals surface area contributed by atoms with Crippen molar-refractivity contribution in [2.75, 3.05) is 13.1 Å². The Morgan fingerprint density at radius 2 is 1.31 bits per heavy atom. The fourth-order valence-electron chi connectivity index (χ4n) is 4.26. The maximum absolute atomic E-state index is 13.3. The summed E-state index contributed by atoms with van der Waals surface area (Å²) in [5, 5.41) is 14.0. The summed E-state index contributed by atoms with van der Waals surface area (Å²) in [6.07, 6.45) is -3.87. The van der Waals surface area contributed by atoms with Crippen molar-refractivity contribution in [3.05, 3.63) is 71.8 Å². The summed E-state index contributed by atoms with van der Waals surface area (Å²) in [5.74, 6) is 0. The number of nitrogens with one attached hydrogen (secondary N) is 1. The number of piperidine rings is 1. The molecule has 0 bridgehead atoms. The van der Waals surface area contributed by atoms with E-state index in [1.807, 2.05) is 60.7 Å². The lowest BCUT2D eigenvalue weighted by Crippen LogP contribution is -2.67. The van der Waals surface area contributed by atoms with Crippen LogP contribution in [0.4, 0.5) is 9.59 Å². The Bertz CT molecular complexity index is 1050. The van der Waals surface area contributed by atoms with Crippen LogP contribution in [0, 0.1) is 0 Å². The summed E-state index contributed by atoms with van der Waals surface area (Å²) < 4.78 is 23.7. The summed E-state index contributed by atoms with van der Waals surface area (Å²) >= 11 is 0. The van der Waals surface area contributed by atoms with Crippen LogP contribution in [0.15, 0.2) is 60.7 Å². The number of hydrogen-bond acceptors (Lipinski definition) is 7. The van der Waals surface area contributed by atoms with Crippen molar-refractivity contribution in [2.45, 2.75) is 90.3 Å². The van der Waals surface area contributed by atoms with Gasteiger partial charge in [-0.1, -0.05) is 60.7 Å². The van der Waals surface area contributed by atoms with Crippen molar-refractivity contribution in [3.63, 3.8) is 0 Å². The van der Waals surface area contributed by atoms with Gasteiger partial charge in [0, 0.05) is 6.54 Å². The molecule has 4 atom stereocenters. The molecule has 3 rings (SSSR count). The number of carbonyl (C=O) groups excluding carboxylic acids is 2. The molecule has 2 amide bonds. The molecule has 9 heteroatoms. The van der Waals surface area contributed by atoms with Crippen LogP contribution in [0.3, 0.4) is 0 Å². The predicted molar refractivity (Wildman–Crippen MR) is 147 cm³/mol. The zero-order valence-corrected chi connectivity index (χ0v) is 23.8.